The third-order valence-electron chi connectivity index (χ3n) is 4.64. The molecule has 3 rings (SSSR count). The number of hydrogen-bond acceptors (Lipinski definition) is 3. The van der Waals surface area contributed by atoms with Crippen molar-refractivity contribution in [1.82, 2.24) is 9.71 Å². The fraction of sp³-hybridized carbons (Fsp3) is 0.318. The molecular weight excluding hydrogens is 443 g/mol. The molecule has 0 bridgehead atoms. The maximum Gasteiger partial charge on any atom is 0.264 e. The quantitative estimate of drug-likeness (QED) is 0.522. The highest BCUT2D eigenvalue weighted by Gasteiger charge is 2.24. The number of sulfonamides is 1. The first-order chi connectivity index (χ1) is 13.8. The van der Waals surface area contributed by atoms with Crippen LogP contribution in [0.25, 0.3) is 10.9 Å². The number of aryl methyl sites for hydroxylation is 1. The van der Waals surface area contributed by atoms with E-state index in [2.05, 4.69) is 9.71 Å². The maximum atomic E-state index is 12.6. The highest BCUT2D eigenvalue weighted by Crippen LogP contribution is 2.29. The highest BCUT2D eigenvalue weighted by atomic mass is 35.5. The Morgan fingerprint density at radius 2 is 1.80 bits per heavy atom. The van der Waals surface area contributed by atoms with Crippen molar-refractivity contribution in [3.8, 4) is 0 Å². The number of rotatable bonds is 5. The van der Waals surface area contributed by atoms with Crippen LogP contribution in [0.2, 0.25) is 10.0 Å². The van der Waals surface area contributed by atoms with Crippen LogP contribution in [0.1, 0.15) is 48.0 Å². The molecule has 30 heavy (non-hydrogen) atoms. The van der Waals surface area contributed by atoms with Gasteiger partial charge < -0.3 is 4.98 Å². The predicted octanol–water partition coefficient (Wildman–Crippen LogP) is 5.48. The van der Waals surface area contributed by atoms with Crippen molar-refractivity contribution in [2.45, 2.75) is 34.1 Å². The molecule has 0 aliphatic rings. The molecular formula is C22H24Cl2N2O3S. The third-order valence-corrected chi connectivity index (χ3v) is 6.96. The van der Waals surface area contributed by atoms with Crippen LogP contribution >= 0.6 is 23.2 Å². The zero-order chi connectivity index (χ0) is 22.3. The number of benzene rings is 2. The molecule has 0 saturated carbocycles. The third kappa shape index (κ3) is 5.36. The van der Waals surface area contributed by atoms with Crippen molar-refractivity contribution in [3.63, 3.8) is 0 Å². The zero-order valence-electron chi connectivity index (χ0n) is 17.3. The van der Waals surface area contributed by atoms with Gasteiger partial charge in [-0.3, -0.25) is 4.79 Å². The number of aromatic amines is 1. The van der Waals surface area contributed by atoms with Crippen LogP contribution in [0.4, 0.5) is 0 Å². The van der Waals surface area contributed by atoms with Gasteiger partial charge in [-0.25, -0.2) is 13.1 Å². The summed E-state index contributed by atoms with van der Waals surface area (Å²) in [4.78, 5) is 15.9. The van der Waals surface area contributed by atoms with Gasteiger partial charge >= 0.3 is 0 Å². The van der Waals surface area contributed by atoms with E-state index >= 15 is 0 Å². The van der Waals surface area contributed by atoms with Gasteiger partial charge in [-0.15, -0.1) is 0 Å². The van der Waals surface area contributed by atoms with Gasteiger partial charge in [0, 0.05) is 38.6 Å². The van der Waals surface area contributed by atoms with E-state index in [9.17, 15) is 13.2 Å². The maximum absolute atomic E-state index is 12.6. The molecule has 0 fully saturated rings. The van der Waals surface area contributed by atoms with Crippen molar-refractivity contribution >= 4 is 50.0 Å². The molecule has 0 radical (unpaired) electrons. The first-order valence-corrected chi connectivity index (χ1v) is 11.9. The lowest BCUT2D eigenvalue weighted by atomic mass is 10.0. The van der Waals surface area contributed by atoms with Gasteiger partial charge in [0.25, 0.3) is 5.91 Å². The van der Waals surface area contributed by atoms with Crippen LogP contribution in [-0.2, 0) is 16.4 Å². The van der Waals surface area contributed by atoms with Crippen molar-refractivity contribution in [3.05, 3.63) is 68.8 Å². The van der Waals surface area contributed by atoms with Gasteiger partial charge in [-0.2, -0.15) is 0 Å². The van der Waals surface area contributed by atoms with Gasteiger partial charge in [0.1, 0.15) is 0 Å². The van der Waals surface area contributed by atoms with E-state index in [0.29, 0.717) is 16.5 Å². The average Bonchev–Trinajstić information content (AvgIpc) is 2.89. The highest BCUT2D eigenvalue weighted by molar-refractivity contribution is 7.90. The second-order valence-electron chi connectivity index (χ2n) is 8.65. The normalized spacial score (nSPS) is 12.3. The Labute approximate surface area is 186 Å². The second kappa shape index (κ2) is 8.25. The van der Waals surface area contributed by atoms with Crippen molar-refractivity contribution in [2.24, 2.45) is 5.41 Å². The van der Waals surface area contributed by atoms with Crippen LogP contribution in [0.5, 0.6) is 0 Å². The smallest absolute Gasteiger partial charge is 0.264 e. The van der Waals surface area contributed by atoms with E-state index in [-0.39, 0.29) is 11.3 Å². The van der Waals surface area contributed by atoms with E-state index < -0.39 is 21.3 Å². The monoisotopic (exact) mass is 466 g/mol. The van der Waals surface area contributed by atoms with Crippen molar-refractivity contribution in [2.75, 3.05) is 5.75 Å². The molecule has 0 aliphatic heterocycles. The number of nitrogens with one attached hydrogen (secondary N) is 2. The van der Waals surface area contributed by atoms with Crippen LogP contribution in [0.15, 0.2) is 36.4 Å². The lowest BCUT2D eigenvalue weighted by molar-refractivity contribution is 0.0981. The number of hydrogen-bond donors (Lipinski definition) is 2. The van der Waals surface area contributed by atoms with Crippen LogP contribution in [-0.4, -0.2) is 25.1 Å². The van der Waals surface area contributed by atoms with E-state index in [1.165, 1.54) is 0 Å². The summed E-state index contributed by atoms with van der Waals surface area (Å²) in [7, 11) is -3.74. The van der Waals surface area contributed by atoms with Gasteiger partial charge in [0.2, 0.25) is 10.0 Å². The fourth-order valence-corrected chi connectivity index (χ4v) is 5.50. The Bertz CT molecular complexity index is 1230. The fourth-order valence-electron chi connectivity index (χ4n) is 3.41. The molecule has 2 aromatic carbocycles. The predicted molar refractivity (Wildman–Crippen MR) is 123 cm³/mol. The van der Waals surface area contributed by atoms with Gasteiger partial charge in [0.05, 0.1) is 5.75 Å². The Morgan fingerprint density at radius 3 is 2.43 bits per heavy atom. The summed E-state index contributed by atoms with van der Waals surface area (Å²) >= 11 is 12.3. The first kappa shape index (κ1) is 22.7. The molecule has 0 spiro atoms. The topological polar surface area (TPSA) is 79.0 Å². The molecule has 160 valence electrons. The summed E-state index contributed by atoms with van der Waals surface area (Å²) in [6, 6.07) is 10.5. The standard InChI is InChI=1S/C22H24Cl2N2O3S/c1-13-17(9-14-5-7-16(23)11-19(14)24)18-10-15(6-8-20(18)25-13)21(27)26-30(28,29)12-22(2,3)4/h5-8,10-11,25H,9,12H2,1-4H3,(H,26,27). The number of carbonyl (C=O) groups is 1. The number of fused-ring (bicyclic) bond motifs is 1. The van der Waals surface area contributed by atoms with E-state index in [1.54, 1.807) is 51.1 Å². The zero-order valence-corrected chi connectivity index (χ0v) is 19.6. The molecule has 1 amide bonds. The lowest BCUT2D eigenvalue weighted by Gasteiger charge is -2.18. The van der Waals surface area contributed by atoms with Gasteiger partial charge in [-0.05, 0) is 53.8 Å². The Hall–Kier alpha value is -2.02. The summed E-state index contributed by atoms with van der Waals surface area (Å²) < 4.78 is 26.8. The van der Waals surface area contributed by atoms with E-state index in [4.69, 9.17) is 23.2 Å². The molecule has 2 N–H and O–H groups in total. The minimum absolute atomic E-state index is 0.141. The van der Waals surface area contributed by atoms with Crippen molar-refractivity contribution in [1.29, 1.82) is 0 Å². The Kier molecular flexibility index (Phi) is 6.23. The van der Waals surface area contributed by atoms with Crippen LogP contribution in [0, 0.1) is 12.3 Å². The number of amides is 1. The lowest BCUT2D eigenvalue weighted by Crippen LogP contribution is -2.36. The molecule has 1 heterocycles. The van der Waals surface area contributed by atoms with Crippen molar-refractivity contribution < 1.29 is 13.2 Å². The number of H-pyrrole nitrogens is 1. The molecule has 5 nitrogen and oxygen atoms in total. The molecule has 0 unspecified atom stereocenters. The summed E-state index contributed by atoms with van der Waals surface area (Å²) in [6.45, 7) is 7.37. The van der Waals surface area contributed by atoms with Crippen LogP contribution < -0.4 is 4.72 Å². The summed E-state index contributed by atoms with van der Waals surface area (Å²) in [5, 5.41) is 1.98. The summed E-state index contributed by atoms with van der Waals surface area (Å²) in [5.41, 5.74) is 3.53. The number of halogens is 2. The SMILES string of the molecule is Cc1[nH]c2ccc(C(=O)NS(=O)(=O)CC(C)(C)C)cc2c1Cc1ccc(Cl)cc1Cl. The minimum Gasteiger partial charge on any atom is -0.358 e. The summed E-state index contributed by atoms with van der Waals surface area (Å²) in [5.74, 6) is -0.784. The molecule has 0 aliphatic carbocycles. The van der Waals surface area contributed by atoms with Gasteiger partial charge in [-0.1, -0.05) is 50.0 Å². The van der Waals surface area contributed by atoms with E-state index in [1.807, 2.05) is 13.0 Å². The number of aromatic nitrogens is 1. The van der Waals surface area contributed by atoms with E-state index in [0.717, 1.165) is 27.7 Å². The Morgan fingerprint density at radius 1 is 1.10 bits per heavy atom. The van der Waals surface area contributed by atoms with Crippen LogP contribution in [0.3, 0.4) is 0 Å². The molecule has 0 saturated heterocycles. The second-order valence-corrected chi connectivity index (χ2v) is 11.2. The average molecular weight is 467 g/mol. The molecule has 3 aromatic rings. The largest absolute Gasteiger partial charge is 0.358 e. The first-order valence-electron chi connectivity index (χ1n) is 9.44. The summed E-state index contributed by atoms with van der Waals surface area (Å²) in [6.07, 6.45) is 0.551. The minimum atomic E-state index is -3.74. The number of carbonyl (C=O) groups excluding carboxylic acids is 1. The molecule has 1 aromatic heterocycles. The molecule has 8 heteroatoms. The van der Waals surface area contributed by atoms with Gasteiger partial charge in [0.15, 0.2) is 0 Å². The Balaban J connectivity index is 1.94. The molecule has 0 atom stereocenters.